The molecule has 8 heteroatoms. The fourth-order valence-electron chi connectivity index (χ4n) is 2.76. The van der Waals surface area contributed by atoms with Crippen LogP contribution in [0, 0.1) is 23.1 Å². The number of benzene rings is 1. The van der Waals surface area contributed by atoms with Crippen molar-refractivity contribution in [1.29, 1.82) is 5.26 Å². The fraction of sp³-hybridized carbons (Fsp3) is 0.500. The molecule has 1 unspecified atom stereocenters. The summed E-state index contributed by atoms with van der Waals surface area (Å²) >= 11 is 0. The van der Waals surface area contributed by atoms with Gasteiger partial charge in [-0.25, -0.2) is 12.8 Å². The van der Waals surface area contributed by atoms with Crippen LogP contribution in [0.3, 0.4) is 0 Å². The highest BCUT2D eigenvalue weighted by Crippen LogP contribution is 2.25. The lowest BCUT2D eigenvalue weighted by atomic mass is 9.98. The molecule has 0 aromatic heterocycles. The predicted octanol–water partition coefficient (Wildman–Crippen LogP) is 1.60. The fourth-order valence-corrected chi connectivity index (χ4v) is 4.28. The molecule has 1 atom stereocenters. The van der Waals surface area contributed by atoms with Crippen molar-refractivity contribution in [3.63, 3.8) is 0 Å². The molecule has 24 heavy (non-hydrogen) atoms. The maximum Gasteiger partial charge on any atom is 0.243 e. The second kappa shape index (κ2) is 7.73. The van der Waals surface area contributed by atoms with Crippen molar-refractivity contribution in [3.8, 4) is 6.07 Å². The van der Waals surface area contributed by atoms with Crippen molar-refractivity contribution in [3.05, 3.63) is 30.1 Å². The van der Waals surface area contributed by atoms with Crippen molar-refractivity contribution in [2.45, 2.75) is 24.2 Å². The van der Waals surface area contributed by atoms with Crippen LogP contribution in [-0.4, -0.2) is 50.2 Å². The van der Waals surface area contributed by atoms with Gasteiger partial charge in [0.2, 0.25) is 15.9 Å². The van der Waals surface area contributed by atoms with E-state index in [1.54, 1.807) is 7.05 Å². The lowest BCUT2D eigenvalue weighted by molar-refractivity contribution is -0.135. The van der Waals surface area contributed by atoms with Crippen molar-refractivity contribution in [2.24, 2.45) is 5.92 Å². The Bertz CT molecular complexity index is 728. The number of nitriles is 1. The molecule has 0 aliphatic carbocycles. The molecule has 1 aromatic rings. The quantitative estimate of drug-likeness (QED) is 0.805. The van der Waals surface area contributed by atoms with Gasteiger partial charge in [0.1, 0.15) is 5.82 Å². The number of piperidine rings is 1. The summed E-state index contributed by atoms with van der Waals surface area (Å²) in [7, 11) is -2.13. The van der Waals surface area contributed by atoms with Gasteiger partial charge in [-0.2, -0.15) is 9.57 Å². The van der Waals surface area contributed by atoms with E-state index in [1.165, 1.54) is 21.3 Å². The van der Waals surface area contributed by atoms with E-state index in [4.69, 9.17) is 5.26 Å². The average molecular weight is 353 g/mol. The SMILES string of the molecule is CN(CCC#N)C(=O)C1CCCN(S(=O)(=O)c2ccc(F)cc2)C1. The first-order chi connectivity index (χ1) is 11.4. The molecule has 2 rings (SSSR count). The maximum atomic E-state index is 13.0. The summed E-state index contributed by atoms with van der Waals surface area (Å²) < 4.78 is 39.6. The van der Waals surface area contributed by atoms with Gasteiger partial charge in [0, 0.05) is 26.7 Å². The molecule has 1 aromatic carbocycles. The van der Waals surface area contributed by atoms with Gasteiger partial charge in [0.25, 0.3) is 0 Å². The topological polar surface area (TPSA) is 81.5 Å². The zero-order valence-corrected chi connectivity index (χ0v) is 14.3. The maximum absolute atomic E-state index is 13.0. The van der Waals surface area contributed by atoms with Gasteiger partial charge in [-0.1, -0.05) is 0 Å². The van der Waals surface area contributed by atoms with Crippen molar-refractivity contribution in [1.82, 2.24) is 9.21 Å². The van der Waals surface area contributed by atoms with E-state index < -0.39 is 21.8 Å². The number of sulfonamides is 1. The van der Waals surface area contributed by atoms with Crippen LogP contribution in [0.2, 0.25) is 0 Å². The number of amides is 1. The van der Waals surface area contributed by atoms with E-state index in [0.717, 1.165) is 12.1 Å². The first-order valence-corrected chi connectivity index (χ1v) is 9.18. The van der Waals surface area contributed by atoms with E-state index in [1.807, 2.05) is 6.07 Å². The third-order valence-electron chi connectivity index (χ3n) is 4.12. The van der Waals surface area contributed by atoms with Gasteiger partial charge < -0.3 is 4.90 Å². The van der Waals surface area contributed by atoms with Gasteiger partial charge in [-0.15, -0.1) is 0 Å². The lowest BCUT2D eigenvalue weighted by Gasteiger charge is -2.33. The molecule has 0 radical (unpaired) electrons. The van der Waals surface area contributed by atoms with Crippen LogP contribution < -0.4 is 0 Å². The monoisotopic (exact) mass is 353 g/mol. The standard InChI is InChI=1S/C16H20FN3O3S/c1-19(10-3-9-18)16(21)13-4-2-11-20(12-13)24(22,23)15-7-5-14(17)6-8-15/h5-8,13H,2-4,10-12H2,1H3. The predicted molar refractivity (Wildman–Crippen MR) is 85.7 cm³/mol. The molecule has 0 saturated carbocycles. The number of hydrogen-bond acceptors (Lipinski definition) is 4. The van der Waals surface area contributed by atoms with Gasteiger partial charge in [-0.05, 0) is 37.1 Å². The minimum atomic E-state index is -3.74. The Labute approximate surface area is 141 Å². The molecule has 1 aliphatic heterocycles. The van der Waals surface area contributed by atoms with Crippen molar-refractivity contribution >= 4 is 15.9 Å². The van der Waals surface area contributed by atoms with Crippen molar-refractivity contribution < 1.29 is 17.6 Å². The largest absolute Gasteiger partial charge is 0.344 e. The summed E-state index contributed by atoms with van der Waals surface area (Å²) in [6, 6.07) is 6.66. The summed E-state index contributed by atoms with van der Waals surface area (Å²) in [6.07, 6.45) is 1.45. The zero-order chi connectivity index (χ0) is 17.7. The summed E-state index contributed by atoms with van der Waals surface area (Å²) in [6.45, 7) is 0.775. The molecule has 0 N–H and O–H groups in total. The molecule has 6 nitrogen and oxygen atoms in total. The zero-order valence-electron chi connectivity index (χ0n) is 13.5. The van der Waals surface area contributed by atoms with E-state index in [9.17, 15) is 17.6 Å². The van der Waals surface area contributed by atoms with Crippen LogP contribution in [0.25, 0.3) is 0 Å². The Hall–Kier alpha value is -1.98. The highest BCUT2D eigenvalue weighted by Gasteiger charge is 2.34. The number of hydrogen-bond donors (Lipinski definition) is 0. The smallest absolute Gasteiger partial charge is 0.243 e. The number of rotatable bonds is 5. The number of nitrogens with zero attached hydrogens (tertiary/aromatic N) is 3. The molecule has 0 bridgehead atoms. The first kappa shape index (κ1) is 18.4. The second-order valence-electron chi connectivity index (χ2n) is 5.82. The molecule has 130 valence electrons. The molecular weight excluding hydrogens is 333 g/mol. The summed E-state index contributed by atoms with van der Waals surface area (Å²) in [5.74, 6) is -1.07. The second-order valence-corrected chi connectivity index (χ2v) is 7.76. The Balaban J connectivity index is 2.11. The van der Waals surface area contributed by atoms with E-state index in [2.05, 4.69) is 0 Å². The summed E-state index contributed by atoms with van der Waals surface area (Å²) in [4.78, 5) is 13.9. The summed E-state index contributed by atoms with van der Waals surface area (Å²) in [5, 5.41) is 8.60. The van der Waals surface area contributed by atoms with Gasteiger partial charge >= 0.3 is 0 Å². The van der Waals surface area contributed by atoms with Crippen LogP contribution in [0.4, 0.5) is 4.39 Å². The van der Waals surface area contributed by atoms with Gasteiger partial charge in [0.05, 0.1) is 23.3 Å². The van der Waals surface area contributed by atoms with E-state index in [0.29, 0.717) is 25.9 Å². The van der Waals surface area contributed by atoms with Crippen LogP contribution >= 0.6 is 0 Å². The Morgan fingerprint density at radius 1 is 1.42 bits per heavy atom. The molecular formula is C16H20FN3O3S. The molecule has 1 amide bonds. The van der Waals surface area contributed by atoms with E-state index >= 15 is 0 Å². The third kappa shape index (κ3) is 4.10. The average Bonchev–Trinajstić information content (AvgIpc) is 2.59. The minimum Gasteiger partial charge on any atom is -0.344 e. The van der Waals surface area contributed by atoms with Crippen molar-refractivity contribution in [2.75, 3.05) is 26.7 Å². The van der Waals surface area contributed by atoms with Crippen LogP contribution in [0.15, 0.2) is 29.2 Å². The van der Waals surface area contributed by atoms with Gasteiger partial charge in [-0.3, -0.25) is 4.79 Å². The third-order valence-corrected chi connectivity index (χ3v) is 6.00. The minimum absolute atomic E-state index is 0.0230. The summed E-state index contributed by atoms with van der Waals surface area (Å²) in [5.41, 5.74) is 0. The van der Waals surface area contributed by atoms with Crippen LogP contribution in [0.1, 0.15) is 19.3 Å². The molecule has 0 spiro atoms. The Morgan fingerprint density at radius 3 is 2.71 bits per heavy atom. The van der Waals surface area contributed by atoms with E-state index in [-0.39, 0.29) is 23.8 Å². The Morgan fingerprint density at radius 2 is 2.08 bits per heavy atom. The van der Waals surface area contributed by atoms with Crippen LogP contribution in [0.5, 0.6) is 0 Å². The van der Waals surface area contributed by atoms with Gasteiger partial charge in [0.15, 0.2) is 0 Å². The number of carbonyl (C=O) groups is 1. The highest BCUT2D eigenvalue weighted by molar-refractivity contribution is 7.89. The number of halogens is 1. The Kier molecular flexibility index (Phi) is 5.91. The molecule has 1 heterocycles. The molecule has 1 saturated heterocycles. The number of carbonyl (C=O) groups excluding carboxylic acids is 1. The first-order valence-electron chi connectivity index (χ1n) is 7.74. The molecule has 1 fully saturated rings. The van der Waals surface area contributed by atoms with Crippen LogP contribution in [-0.2, 0) is 14.8 Å². The molecule has 1 aliphatic rings. The normalized spacial score (nSPS) is 18.8. The lowest BCUT2D eigenvalue weighted by Crippen LogP contribution is -2.46. The highest BCUT2D eigenvalue weighted by atomic mass is 32.2.